The van der Waals surface area contributed by atoms with Crippen molar-refractivity contribution in [1.29, 1.82) is 0 Å². The summed E-state index contributed by atoms with van der Waals surface area (Å²) in [6, 6.07) is 6.88. The van der Waals surface area contributed by atoms with Crippen LogP contribution in [-0.4, -0.2) is 25.6 Å². The van der Waals surface area contributed by atoms with E-state index in [4.69, 9.17) is 0 Å². The molecule has 1 amide bonds. The number of carbonyl (C=O) groups is 1. The molecule has 0 aliphatic carbocycles. The Kier molecular flexibility index (Phi) is 4.59. The summed E-state index contributed by atoms with van der Waals surface area (Å²) in [4.78, 5) is 15.6. The van der Waals surface area contributed by atoms with Gasteiger partial charge in [-0.1, -0.05) is 19.1 Å². The molecule has 6 nitrogen and oxygen atoms in total. The second-order valence-electron chi connectivity index (χ2n) is 4.39. The van der Waals surface area contributed by atoms with E-state index >= 15 is 0 Å². The Hall–Kier alpha value is -1.93. The first kappa shape index (κ1) is 15.5. The minimum atomic E-state index is -3.28. The van der Waals surface area contributed by atoms with Crippen molar-refractivity contribution in [2.75, 3.05) is 16.3 Å². The minimum absolute atomic E-state index is 0.0800. The van der Waals surface area contributed by atoms with E-state index in [-0.39, 0.29) is 5.91 Å². The standard InChI is InChI=1S/C13H15N3O3S2/c1-3-12(17)15-13-14-11(8-20-13)9-4-6-10(7-5-9)16-21(2,18)19/h4-8,16H,3H2,1-2H3,(H,14,15,17). The van der Waals surface area contributed by atoms with Crippen LogP contribution in [0.2, 0.25) is 0 Å². The van der Waals surface area contributed by atoms with Crippen LogP contribution in [0.5, 0.6) is 0 Å². The maximum absolute atomic E-state index is 11.3. The number of nitrogens with one attached hydrogen (secondary N) is 2. The summed E-state index contributed by atoms with van der Waals surface area (Å²) in [5.41, 5.74) is 2.08. The van der Waals surface area contributed by atoms with Crippen molar-refractivity contribution in [3.8, 4) is 11.3 Å². The molecule has 21 heavy (non-hydrogen) atoms. The molecule has 112 valence electrons. The van der Waals surface area contributed by atoms with Gasteiger partial charge in [0.25, 0.3) is 0 Å². The predicted molar refractivity (Wildman–Crippen MR) is 84.9 cm³/mol. The Labute approximate surface area is 127 Å². The molecule has 0 unspecified atom stereocenters. The number of carbonyl (C=O) groups excluding carboxylic acids is 1. The molecule has 0 spiro atoms. The lowest BCUT2D eigenvalue weighted by Gasteiger charge is -2.04. The average molecular weight is 325 g/mol. The molecular weight excluding hydrogens is 310 g/mol. The van der Waals surface area contributed by atoms with Crippen molar-refractivity contribution in [3.63, 3.8) is 0 Å². The Bertz CT molecular complexity index is 736. The highest BCUT2D eigenvalue weighted by Gasteiger charge is 2.07. The molecule has 0 aliphatic rings. The third kappa shape index (κ3) is 4.54. The Morgan fingerprint density at radius 3 is 2.52 bits per heavy atom. The molecule has 0 fully saturated rings. The highest BCUT2D eigenvalue weighted by Crippen LogP contribution is 2.26. The highest BCUT2D eigenvalue weighted by atomic mass is 32.2. The zero-order valence-electron chi connectivity index (χ0n) is 11.6. The van der Waals surface area contributed by atoms with E-state index in [1.165, 1.54) is 11.3 Å². The first-order valence-corrected chi connectivity index (χ1v) is 8.98. The second kappa shape index (κ2) is 6.23. The summed E-state index contributed by atoms with van der Waals surface area (Å²) in [7, 11) is -3.28. The number of thiazole rings is 1. The van der Waals surface area contributed by atoms with E-state index in [0.29, 0.717) is 17.2 Å². The number of aromatic nitrogens is 1. The van der Waals surface area contributed by atoms with Gasteiger partial charge < -0.3 is 5.32 Å². The summed E-state index contributed by atoms with van der Waals surface area (Å²) in [6.45, 7) is 1.78. The molecule has 0 saturated heterocycles. The van der Waals surface area contributed by atoms with Gasteiger partial charge in [0.1, 0.15) is 0 Å². The quantitative estimate of drug-likeness (QED) is 0.884. The van der Waals surface area contributed by atoms with Crippen LogP contribution >= 0.6 is 11.3 Å². The van der Waals surface area contributed by atoms with E-state index < -0.39 is 10.0 Å². The number of amides is 1. The molecule has 0 atom stereocenters. The number of anilines is 2. The number of nitrogens with zero attached hydrogens (tertiary/aromatic N) is 1. The Morgan fingerprint density at radius 2 is 1.95 bits per heavy atom. The van der Waals surface area contributed by atoms with Crippen LogP contribution in [0.15, 0.2) is 29.6 Å². The normalized spacial score (nSPS) is 11.1. The first-order chi connectivity index (χ1) is 9.87. The predicted octanol–water partition coefficient (Wildman–Crippen LogP) is 2.53. The maximum Gasteiger partial charge on any atom is 0.229 e. The van der Waals surface area contributed by atoms with Gasteiger partial charge in [-0.15, -0.1) is 11.3 Å². The summed E-state index contributed by atoms with van der Waals surface area (Å²) < 4.78 is 24.7. The van der Waals surface area contributed by atoms with Crippen molar-refractivity contribution in [2.24, 2.45) is 0 Å². The van der Waals surface area contributed by atoms with Gasteiger partial charge in [0.2, 0.25) is 15.9 Å². The minimum Gasteiger partial charge on any atom is -0.302 e. The first-order valence-electron chi connectivity index (χ1n) is 6.21. The summed E-state index contributed by atoms with van der Waals surface area (Å²) in [5, 5.41) is 5.09. The third-order valence-corrected chi connectivity index (χ3v) is 3.92. The van der Waals surface area contributed by atoms with Crippen LogP contribution in [-0.2, 0) is 14.8 Å². The molecule has 2 rings (SSSR count). The van der Waals surface area contributed by atoms with Gasteiger partial charge in [-0.05, 0) is 12.1 Å². The molecule has 1 aromatic heterocycles. The van der Waals surface area contributed by atoms with Gasteiger partial charge in [0, 0.05) is 23.1 Å². The van der Waals surface area contributed by atoms with Crippen LogP contribution in [0.4, 0.5) is 10.8 Å². The molecule has 0 bridgehead atoms. The van der Waals surface area contributed by atoms with E-state index in [2.05, 4.69) is 15.0 Å². The lowest BCUT2D eigenvalue weighted by atomic mass is 10.1. The van der Waals surface area contributed by atoms with Crippen LogP contribution in [0.25, 0.3) is 11.3 Å². The molecule has 2 aromatic rings. The molecule has 8 heteroatoms. The fourth-order valence-electron chi connectivity index (χ4n) is 1.59. The van der Waals surface area contributed by atoms with Crippen LogP contribution < -0.4 is 10.0 Å². The second-order valence-corrected chi connectivity index (χ2v) is 7.00. The third-order valence-electron chi connectivity index (χ3n) is 2.56. The highest BCUT2D eigenvalue weighted by molar-refractivity contribution is 7.92. The van der Waals surface area contributed by atoms with Crippen molar-refractivity contribution in [3.05, 3.63) is 29.6 Å². The van der Waals surface area contributed by atoms with Gasteiger partial charge in [-0.25, -0.2) is 13.4 Å². The number of hydrogen-bond donors (Lipinski definition) is 2. The van der Waals surface area contributed by atoms with E-state index in [0.717, 1.165) is 17.5 Å². The number of hydrogen-bond acceptors (Lipinski definition) is 5. The average Bonchev–Trinajstić information content (AvgIpc) is 2.86. The topological polar surface area (TPSA) is 88.2 Å². The molecule has 2 N–H and O–H groups in total. The molecule has 1 heterocycles. The van der Waals surface area contributed by atoms with Crippen molar-refractivity contribution < 1.29 is 13.2 Å². The largest absolute Gasteiger partial charge is 0.302 e. The molecule has 0 saturated carbocycles. The summed E-state index contributed by atoms with van der Waals surface area (Å²) >= 11 is 1.35. The van der Waals surface area contributed by atoms with Gasteiger partial charge in [-0.2, -0.15) is 0 Å². The van der Waals surface area contributed by atoms with E-state index in [9.17, 15) is 13.2 Å². The van der Waals surface area contributed by atoms with Gasteiger partial charge in [-0.3, -0.25) is 9.52 Å². The fraction of sp³-hybridized carbons (Fsp3) is 0.231. The van der Waals surface area contributed by atoms with Crippen molar-refractivity contribution in [1.82, 2.24) is 4.98 Å². The molecule has 0 aliphatic heterocycles. The van der Waals surface area contributed by atoms with Gasteiger partial charge in [0.15, 0.2) is 5.13 Å². The van der Waals surface area contributed by atoms with E-state index in [1.54, 1.807) is 31.2 Å². The van der Waals surface area contributed by atoms with Gasteiger partial charge >= 0.3 is 0 Å². The zero-order valence-corrected chi connectivity index (χ0v) is 13.2. The Balaban J connectivity index is 2.14. The number of sulfonamides is 1. The lowest BCUT2D eigenvalue weighted by Crippen LogP contribution is -2.09. The number of rotatable bonds is 5. The fourth-order valence-corrected chi connectivity index (χ4v) is 2.89. The molecule has 0 radical (unpaired) electrons. The Morgan fingerprint density at radius 1 is 1.29 bits per heavy atom. The molecule has 1 aromatic carbocycles. The lowest BCUT2D eigenvalue weighted by molar-refractivity contribution is -0.115. The number of benzene rings is 1. The van der Waals surface area contributed by atoms with Gasteiger partial charge in [0.05, 0.1) is 11.9 Å². The van der Waals surface area contributed by atoms with Crippen LogP contribution in [0.3, 0.4) is 0 Å². The maximum atomic E-state index is 11.3. The summed E-state index contributed by atoms with van der Waals surface area (Å²) in [5.74, 6) is -0.0800. The SMILES string of the molecule is CCC(=O)Nc1nc(-c2ccc(NS(C)(=O)=O)cc2)cs1. The smallest absolute Gasteiger partial charge is 0.229 e. The summed E-state index contributed by atoms with van der Waals surface area (Å²) in [6.07, 6.45) is 1.50. The zero-order chi connectivity index (χ0) is 15.5. The van der Waals surface area contributed by atoms with E-state index in [1.807, 2.05) is 5.38 Å². The van der Waals surface area contributed by atoms with Crippen molar-refractivity contribution in [2.45, 2.75) is 13.3 Å². The monoisotopic (exact) mass is 325 g/mol. The molecular formula is C13H15N3O3S2. The van der Waals surface area contributed by atoms with Crippen LogP contribution in [0, 0.1) is 0 Å². The van der Waals surface area contributed by atoms with Crippen LogP contribution in [0.1, 0.15) is 13.3 Å². The van der Waals surface area contributed by atoms with Crippen molar-refractivity contribution >= 4 is 38.1 Å².